The quantitative estimate of drug-likeness (QED) is 0.332. The van der Waals surface area contributed by atoms with Crippen LogP contribution in [-0.4, -0.2) is 52.7 Å². The lowest BCUT2D eigenvalue weighted by molar-refractivity contribution is 0.0619. The standard InChI is InChI=1S/C23H31N5O3S/c1-14(24)22(27(2)25)16-11-17-21(26-12-16)20-18(30-3)5-6-19(32(4)29)23(20)28(17)13-15-7-9-31-10-8-15/h5-6,11-12,15H,7-10,13,24-25H2,1-4H3/b22-14-. The Morgan fingerprint density at radius 2 is 2.09 bits per heavy atom. The number of rotatable bonds is 6. The Morgan fingerprint density at radius 1 is 1.38 bits per heavy atom. The van der Waals surface area contributed by atoms with Crippen molar-refractivity contribution >= 4 is 38.8 Å². The number of methoxy groups -OCH3 is 1. The Hall–Kier alpha value is -2.46. The summed E-state index contributed by atoms with van der Waals surface area (Å²) in [5.41, 5.74) is 11.0. The summed E-state index contributed by atoms with van der Waals surface area (Å²) >= 11 is -1.17. The zero-order valence-electron chi connectivity index (χ0n) is 19.1. The summed E-state index contributed by atoms with van der Waals surface area (Å²) in [5, 5.41) is 2.39. The van der Waals surface area contributed by atoms with Gasteiger partial charge >= 0.3 is 0 Å². The van der Waals surface area contributed by atoms with E-state index in [0.29, 0.717) is 23.1 Å². The SMILES string of the molecule is COc1ccc([S+](C)[O-])c2c1c1ncc(/C(=C(\C)N)N(C)N)cc1n2CC1CCOCC1. The summed E-state index contributed by atoms with van der Waals surface area (Å²) in [6.45, 7) is 4.13. The lowest BCUT2D eigenvalue weighted by Crippen LogP contribution is -2.26. The van der Waals surface area contributed by atoms with Crippen molar-refractivity contribution in [3.8, 4) is 5.75 Å². The van der Waals surface area contributed by atoms with Crippen molar-refractivity contribution in [2.75, 3.05) is 33.6 Å². The van der Waals surface area contributed by atoms with Crippen LogP contribution in [0.2, 0.25) is 0 Å². The number of allylic oxidation sites excluding steroid dienone is 1. The molecule has 1 aliphatic heterocycles. The smallest absolute Gasteiger partial charge is 0.177 e. The van der Waals surface area contributed by atoms with E-state index in [0.717, 1.165) is 65.0 Å². The number of benzene rings is 1. The third-order valence-corrected chi connectivity index (χ3v) is 7.03. The number of nitrogens with zero attached hydrogens (tertiary/aromatic N) is 3. The monoisotopic (exact) mass is 457 g/mol. The molecule has 0 bridgehead atoms. The second kappa shape index (κ2) is 9.19. The Bertz CT molecular complexity index is 1160. The zero-order valence-corrected chi connectivity index (χ0v) is 19.9. The van der Waals surface area contributed by atoms with Gasteiger partial charge in [-0.05, 0) is 55.1 Å². The van der Waals surface area contributed by atoms with Gasteiger partial charge in [-0.2, -0.15) is 0 Å². The largest absolute Gasteiger partial charge is 0.612 e. The summed E-state index contributed by atoms with van der Waals surface area (Å²) in [6, 6.07) is 5.83. The van der Waals surface area contributed by atoms with Crippen LogP contribution in [0, 0.1) is 5.92 Å². The van der Waals surface area contributed by atoms with Crippen LogP contribution in [0.4, 0.5) is 0 Å². The van der Waals surface area contributed by atoms with Crippen molar-refractivity contribution in [1.82, 2.24) is 14.6 Å². The van der Waals surface area contributed by atoms with Crippen LogP contribution in [0.5, 0.6) is 5.75 Å². The maximum atomic E-state index is 12.7. The first-order valence-corrected chi connectivity index (χ1v) is 12.2. The van der Waals surface area contributed by atoms with Gasteiger partial charge in [0.1, 0.15) is 17.5 Å². The Labute approximate surface area is 191 Å². The predicted molar refractivity (Wildman–Crippen MR) is 128 cm³/mol. The molecule has 3 aromatic rings. The van der Waals surface area contributed by atoms with E-state index in [9.17, 15) is 4.55 Å². The fourth-order valence-electron chi connectivity index (χ4n) is 4.64. The van der Waals surface area contributed by atoms with E-state index in [-0.39, 0.29) is 0 Å². The molecule has 2 aromatic heterocycles. The molecule has 4 rings (SSSR count). The first-order chi connectivity index (χ1) is 15.3. The van der Waals surface area contributed by atoms with Crippen LogP contribution in [-0.2, 0) is 22.5 Å². The molecule has 1 aromatic carbocycles. The van der Waals surface area contributed by atoms with E-state index >= 15 is 0 Å². The average molecular weight is 458 g/mol. The summed E-state index contributed by atoms with van der Waals surface area (Å²) in [4.78, 5) is 5.59. The molecule has 0 amide bonds. The van der Waals surface area contributed by atoms with Gasteiger partial charge < -0.3 is 29.3 Å². The molecule has 1 saturated heterocycles. The summed E-state index contributed by atoms with van der Waals surface area (Å²) < 4.78 is 26.2. The minimum Gasteiger partial charge on any atom is -0.612 e. The van der Waals surface area contributed by atoms with Crippen LogP contribution in [0.3, 0.4) is 0 Å². The fourth-order valence-corrected chi connectivity index (χ4v) is 5.38. The molecule has 1 aliphatic rings. The van der Waals surface area contributed by atoms with Gasteiger partial charge in [-0.3, -0.25) is 4.98 Å². The first-order valence-electron chi connectivity index (χ1n) is 10.7. The van der Waals surface area contributed by atoms with Crippen molar-refractivity contribution in [1.29, 1.82) is 0 Å². The zero-order chi connectivity index (χ0) is 23.0. The number of pyridine rings is 1. The Balaban J connectivity index is 2.05. The fraction of sp³-hybridized carbons (Fsp3) is 0.435. The number of fused-ring (bicyclic) bond motifs is 3. The molecule has 32 heavy (non-hydrogen) atoms. The van der Waals surface area contributed by atoms with E-state index < -0.39 is 11.2 Å². The molecule has 1 fully saturated rings. The second-order valence-electron chi connectivity index (χ2n) is 8.34. The molecule has 172 valence electrons. The highest BCUT2D eigenvalue weighted by molar-refractivity contribution is 7.91. The molecule has 8 nitrogen and oxygen atoms in total. The van der Waals surface area contributed by atoms with Crippen molar-refractivity contribution in [3.63, 3.8) is 0 Å². The Morgan fingerprint density at radius 3 is 2.69 bits per heavy atom. The molecule has 1 unspecified atom stereocenters. The molecule has 4 N–H and O–H groups in total. The van der Waals surface area contributed by atoms with Crippen molar-refractivity contribution in [2.45, 2.75) is 31.2 Å². The highest BCUT2D eigenvalue weighted by Crippen LogP contribution is 2.40. The Kier molecular flexibility index (Phi) is 6.52. The molecule has 0 aliphatic carbocycles. The van der Waals surface area contributed by atoms with Gasteiger partial charge in [0.05, 0.1) is 29.2 Å². The van der Waals surface area contributed by atoms with Gasteiger partial charge in [-0.1, -0.05) is 0 Å². The molecular formula is C23H31N5O3S. The van der Waals surface area contributed by atoms with Crippen LogP contribution in [0.15, 0.2) is 35.0 Å². The summed E-state index contributed by atoms with van der Waals surface area (Å²) in [6.07, 6.45) is 5.46. The van der Waals surface area contributed by atoms with Crippen LogP contribution in [0.25, 0.3) is 27.6 Å². The van der Waals surface area contributed by atoms with Crippen molar-refractivity contribution < 1.29 is 14.0 Å². The van der Waals surface area contributed by atoms with E-state index in [2.05, 4.69) is 10.6 Å². The number of ether oxygens (including phenoxy) is 2. The molecule has 0 radical (unpaired) electrons. The number of nitrogens with two attached hydrogens (primary N) is 2. The molecular weight excluding hydrogens is 426 g/mol. The number of hydrogen-bond acceptors (Lipinski definition) is 7. The summed E-state index contributed by atoms with van der Waals surface area (Å²) in [7, 11) is 3.41. The average Bonchev–Trinajstić information content (AvgIpc) is 3.07. The molecule has 9 heteroatoms. The number of hydrogen-bond donors (Lipinski definition) is 2. The van der Waals surface area contributed by atoms with Crippen molar-refractivity contribution in [3.05, 3.63) is 35.7 Å². The van der Waals surface area contributed by atoms with Crippen LogP contribution in [0.1, 0.15) is 25.3 Å². The highest BCUT2D eigenvalue weighted by Gasteiger charge is 2.26. The molecule has 3 heterocycles. The van der Waals surface area contributed by atoms with Crippen LogP contribution < -0.4 is 16.3 Å². The first kappa shape index (κ1) is 22.7. The third-order valence-electron chi connectivity index (χ3n) is 6.08. The van der Waals surface area contributed by atoms with E-state index in [4.69, 9.17) is 26.0 Å². The topological polar surface area (TPSA) is 115 Å². The maximum absolute atomic E-state index is 12.7. The third kappa shape index (κ3) is 4.01. The second-order valence-corrected chi connectivity index (χ2v) is 9.69. The van der Waals surface area contributed by atoms with Gasteiger partial charge in [0.25, 0.3) is 0 Å². The molecule has 0 spiro atoms. The maximum Gasteiger partial charge on any atom is 0.177 e. The van der Waals surface area contributed by atoms with E-state index in [1.165, 1.54) is 5.01 Å². The van der Waals surface area contributed by atoms with E-state index in [1.54, 1.807) is 26.6 Å². The van der Waals surface area contributed by atoms with Gasteiger partial charge in [0.2, 0.25) is 0 Å². The predicted octanol–water partition coefficient (Wildman–Crippen LogP) is 2.81. The molecule has 1 atom stereocenters. The summed E-state index contributed by atoms with van der Waals surface area (Å²) in [5.74, 6) is 7.24. The van der Waals surface area contributed by atoms with Crippen molar-refractivity contribution in [2.24, 2.45) is 17.5 Å². The number of aromatic nitrogens is 2. The van der Waals surface area contributed by atoms with Gasteiger partial charge in [-0.25, -0.2) is 5.84 Å². The van der Waals surface area contributed by atoms with E-state index in [1.807, 2.05) is 19.1 Å². The minimum atomic E-state index is -1.17. The lowest BCUT2D eigenvalue weighted by Gasteiger charge is -2.24. The van der Waals surface area contributed by atoms with Gasteiger partial charge in [-0.15, -0.1) is 0 Å². The van der Waals surface area contributed by atoms with Crippen LogP contribution >= 0.6 is 0 Å². The minimum absolute atomic E-state index is 0.457. The number of hydrazine groups is 1. The lowest BCUT2D eigenvalue weighted by atomic mass is 10.0. The molecule has 0 saturated carbocycles. The van der Waals surface area contributed by atoms with Gasteiger partial charge in [0, 0.05) is 44.3 Å². The normalized spacial score (nSPS) is 16.9. The highest BCUT2D eigenvalue weighted by atomic mass is 32.2. The van der Waals surface area contributed by atoms with Gasteiger partial charge in [0.15, 0.2) is 4.90 Å².